The van der Waals surface area contributed by atoms with Crippen LogP contribution in [-0.4, -0.2) is 6.54 Å². The van der Waals surface area contributed by atoms with Crippen LogP contribution >= 0.6 is 11.6 Å². The molecule has 1 N–H and O–H groups in total. The molecule has 2 aromatic carbocycles. The summed E-state index contributed by atoms with van der Waals surface area (Å²) >= 11 is 5.99. The van der Waals surface area contributed by atoms with E-state index in [-0.39, 0.29) is 6.04 Å². The van der Waals surface area contributed by atoms with Crippen molar-refractivity contribution >= 4 is 11.6 Å². The molecule has 0 amide bonds. The van der Waals surface area contributed by atoms with Gasteiger partial charge in [-0.2, -0.15) is 0 Å². The van der Waals surface area contributed by atoms with Crippen molar-refractivity contribution in [3.63, 3.8) is 0 Å². The first-order chi connectivity index (χ1) is 9.60. The molecule has 1 unspecified atom stereocenters. The first-order valence-electron chi connectivity index (χ1n) is 6.53. The fraction of sp³-hybridized carbons (Fsp3) is 0.250. The van der Waals surface area contributed by atoms with Crippen LogP contribution in [0, 0.1) is 11.6 Å². The van der Waals surface area contributed by atoms with Gasteiger partial charge in [-0.05, 0) is 54.4 Å². The van der Waals surface area contributed by atoms with Crippen LogP contribution in [0.25, 0.3) is 0 Å². The lowest BCUT2D eigenvalue weighted by Crippen LogP contribution is -2.23. The summed E-state index contributed by atoms with van der Waals surface area (Å²) < 4.78 is 27.0. The second-order valence-electron chi connectivity index (χ2n) is 4.61. The average Bonchev–Trinajstić information content (AvgIpc) is 2.42. The Hall–Kier alpha value is -1.45. The second kappa shape index (κ2) is 6.82. The van der Waals surface area contributed by atoms with Crippen molar-refractivity contribution in [2.45, 2.75) is 19.4 Å². The van der Waals surface area contributed by atoms with E-state index in [4.69, 9.17) is 11.6 Å². The van der Waals surface area contributed by atoms with Gasteiger partial charge in [0, 0.05) is 11.1 Å². The van der Waals surface area contributed by atoms with E-state index < -0.39 is 11.6 Å². The molecule has 20 heavy (non-hydrogen) atoms. The molecule has 0 aromatic heterocycles. The van der Waals surface area contributed by atoms with Crippen molar-refractivity contribution < 1.29 is 8.78 Å². The molecule has 1 nitrogen and oxygen atoms in total. The topological polar surface area (TPSA) is 12.0 Å². The summed E-state index contributed by atoms with van der Waals surface area (Å²) in [6.45, 7) is 2.70. The Balaban J connectivity index is 2.27. The summed E-state index contributed by atoms with van der Waals surface area (Å²) in [6, 6.07) is 10.8. The van der Waals surface area contributed by atoms with E-state index in [0.717, 1.165) is 24.2 Å². The maximum atomic E-state index is 13.7. The highest BCUT2D eigenvalue weighted by atomic mass is 35.5. The molecule has 0 bridgehead atoms. The second-order valence-corrected chi connectivity index (χ2v) is 5.04. The molecule has 0 saturated heterocycles. The molecule has 0 radical (unpaired) electrons. The van der Waals surface area contributed by atoms with Gasteiger partial charge in [-0.3, -0.25) is 0 Å². The molecular weight excluding hydrogens is 280 g/mol. The summed E-state index contributed by atoms with van der Waals surface area (Å²) in [6.07, 6.45) is 0.373. The Morgan fingerprint density at radius 2 is 1.95 bits per heavy atom. The molecule has 0 saturated carbocycles. The minimum atomic E-state index is -0.428. The average molecular weight is 296 g/mol. The van der Waals surface area contributed by atoms with E-state index in [1.807, 2.05) is 25.1 Å². The summed E-state index contributed by atoms with van der Waals surface area (Å²) in [4.78, 5) is 0. The zero-order valence-corrected chi connectivity index (χ0v) is 11.9. The maximum Gasteiger partial charge on any atom is 0.126 e. The fourth-order valence-electron chi connectivity index (χ4n) is 2.20. The number of benzene rings is 2. The van der Waals surface area contributed by atoms with Crippen molar-refractivity contribution in [1.82, 2.24) is 5.32 Å². The van der Waals surface area contributed by atoms with Gasteiger partial charge in [-0.1, -0.05) is 30.7 Å². The lowest BCUT2D eigenvalue weighted by molar-refractivity contribution is 0.522. The minimum Gasteiger partial charge on any atom is -0.310 e. The Morgan fingerprint density at radius 3 is 2.65 bits per heavy atom. The predicted molar refractivity (Wildman–Crippen MR) is 77.9 cm³/mol. The first-order valence-corrected chi connectivity index (χ1v) is 6.90. The third-order valence-corrected chi connectivity index (χ3v) is 3.37. The van der Waals surface area contributed by atoms with Crippen molar-refractivity contribution in [3.8, 4) is 0 Å². The molecular formula is C16H16ClF2N. The number of likely N-dealkylation sites (N-methyl/N-ethyl adjacent to an activating group) is 1. The molecule has 0 heterocycles. The Kier molecular flexibility index (Phi) is 5.10. The van der Waals surface area contributed by atoms with Gasteiger partial charge < -0.3 is 5.32 Å². The van der Waals surface area contributed by atoms with Gasteiger partial charge in [0.15, 0.2) is 0 Å². The molecule has 2 aromatic rings. The van der Waals surface area contributed by atoms with E-state index in [0.29, 0.717) is 17.0 Å². The molecule has 0 aliphatic heterocycles. The maximum absolute atomic E-state index is 13.7. The summed E-state index contributed by atoms with van der Waals surface area (Å²) in [5.41, 5.74) is 1.32. The Bertz CT molecular complexity index is 586. The molecule has 1 atom stereocenters. The van der Waals surface area contributed by atoms with Crippen LogP contribution in [0.1, 0.15) is 24.1 Å². The van der Waals surface area contributed by atoms with E-state index in [1.54, 1.807) is 6.07 Å². The minimum absolute atomic E-state index is 0.102. The summed E-state index contributed by atoms with van der Waals surface area (Å²) in [5.74, 6) is -0.820. The van der Waals surface area contributed by atoms with Gasteiger partial charge in [0.05, 0.1) is 0 Å². The third-order valence-electron chi connectivity index (χ3n) is 3.13. The molecule has 0 aliphatic rings. The van der Waals surface area contributed by atoms with Crippen LogP contribution in [-0.2, 0) is 6.42 Å². The largest absolute Gasteiger partial charge is 0.310 e. The van der Waals surface area contributed by atoms with E-state index >= 15 is 0 Å². The Morgan fingerprint density at radius 1 is 1.15 bits per heavy atom. The van der Waals surface area contributed by atoms with Crippen molar-refractivity contribution in [2.75, 3.05) is 6.54 Å². The van der Waals surface area contributed by atoms with Crippen LogP contribution in [0.3, 0.4) is 0 Å². The van der Waals surface area contributed by atoms with Gasteiger partial charge in [0.25, 0.3) is 0 Å². The highest BCUT2D eigenvalue weighted by Gasteiger charge is 2.14. The molecule has 0 aliphatic carbocycles. The van der Waals surface area contributed by atoms with Crippen LogP contribution < -0.4 is 5.32 Å². The van der Waals surface area contributed by atoms with E-state index in [9.17, 15) is 8.78 Å². The van der Waals surface area contributed by atoms with Crippen molar-refractivity contribution in [2.24, 2.45) is 0 Å². The van der Waals surface area contributed by atoms with E-state index in [1.165, 1.54) is 6.07 Å². The van der Waals surface area contributed by atoms with Crippen molar-refractivity contribution in [1.29, 1.82) is 0 Å². The number of halogens is 3. The van der Waals surface area contributed by atoms with Gasteiger partial charge in [0.1, 0.15) is 11.6 Å². The molecule has 0 spiro atoms. The lowest BCUT2D eigenvalue weighted by Gasteiger charge is -2.19. The van der Waals surface area contributed by atoms with Gasteiger partial charge >= 0.3 is 0 Å². The standard InChI is InChI=1S/C16H16ClF2N/c1-2-20-16(11-4-3-5-13(17)8-11)10-12-9-14(18)6-7-15(12)19/h3-9,16,20H,2,10H2,1H3. The first kappa shape index (κ1) is 14.9. The van der Waals surface area contributed by atoms with Crippen LogP contribution in [0.5, 0.6) is 0 Å². The van der Waals surface area contributed by atoms with Gasteiger partial charge in [0.2, 0.25) is 0 Å². The predicted octanol–water partition coefficient (Wildman–Crippen LogP) is 4.51. The fourth-order valence-corrected chi connectivity index (χ4v) is 2.40. The van der Waals surface area contributed by atoms with Crippen molar-refractivity contribution in [3.05, 3.63) is 70.2 Å². The molecule has 0 fully saturated rings. The molecule has 2 rings (SSSR count). The van der Waals surface area contributed by atoms with Crippen LogP contribution in [0.4, 0.5) is 8.78 Å². The highest BCUT2D eigenvalue weighted by Crippen LogP contribution is 2.23. The smallest absolute Gasteiger partial charge is 0.126 e. The highest BCUT2D eigenvalue weighted by molar-refractivity contribution is 6.30. The van der Waals surface area contributed by atoms with Crippen LogP contribution in [0.2, 0.25) is 5.02 Å². The molecule has 4 heteroatoms. The number of hydrogen-bond donors (Lipinski definition) is 1. The quantitative estimate of drug-likeness (QED) is 0.855. The number of nitrogens with one attached hydrogen (secondary N) is 1. The summed E-state index contributed by atoms with van der Waals surface area (Å²) in [7, 11) is 0. The zero-order chi connectivity index (χ0) is 14.5. The number of rotatable bonds is 5. The van der Waals surface area contributed by atoms with Crippen LogP contribution in [0.15, 0.2) is 42.5 Å². The molecule has 106 valence electrons. The van der Waals surface area contributed by atoms with Gasteiger partial charge in [-0.15, -0.1) is 0 Å². The SMILES string of the molecule is CCNC(Cc1cc(F)ccc1F)c1cccc(Cl)c1. The Labute approximate surface area is 122 Å². The lowest BCUT2D eigenvalue weighted by atomic mass is 9.98. The third kappa shape index (κ3) is 3.78. The normalized spacial score (nSPS) is 12.4. The zero-order valence-electron chi connectivity index (χ0n) is 11.2. The van der Waals surface area contributed by atoms with Gasteiger partial charge in [-0.25, -0.2) is 8.78 Å². The number of hydrogen-bond acceptors (Lipinski definition) is 1. The van der Waals surface area contributed by atoms with E-state index in [2.05, 4.69) is 5.32 Å². The monoisotopic (exact) mass is 295 g/mol. The summed E-state index contributed by atoms with van der Waals surface area (Å²) in [5, 5.41) is 3.90.